The van der Waals surface area contributed by atoms with Gasteiger partial charge in [-0.15, -0.1) is 0 Å². The maximum Gasteiger partial charge on any atom is 0.405 e. The van der Waals surface area contributed by atoms with E-state index in [9.17, 15) is 37.1 Å². The quantitative estimate of drug-likeness (QED) is 0.330. The van der Waals surface area contributed by atoms with E-state index in [1.165, 1.54) is 11.0 Å². The highest BCUT2D eigenvalue weighted by molar-refractivity contribution is 7.91. The Hall–Kier alpha value is -4.27. The average Bonchev–Trinajstić information content (AvgIpc) is 4.03. The molecule has 3 saturated carbocycles. The number of amides is 4. The number of nitrogens with one attached hydrogen (secondary N) is 3. The van der Waals surface area contributed by atoms with Crippen LogP contribution < -0.4 is 20.1 Å². The van der Waals surface area contributed by atoms with E-state index >= 15 is 0 Å². The second kappa shape index (κ2) is 12.4. The molecule has 5 atom stereocenters. The first-order valence-electron chi connectivity index (χ1n) is 18.4. The lowest BCUT2D eigenvalue weighted by Crippen LogP contribution is -2.58. The van der Waals surface area contributed by atoms with Crippen LogP contribution in [0.3, 0.4) is 0 Å². The molecule has 278 valence electrons. The fourth-order valence-corrected chi connectivity index (χ4v) is 9.64. The van der Waals surface area contributed by atoms with Gasteiger partial charge in [-0.2, -0.15) is 0 Å². The number of benzene rings is 1. The number of fused-ring (bicyclic) bond motifs is 5. The molecule has 6 aliphatic rings. The van der Waals surface area contributed by atoms with E-state index in [-0.39, 0.29) is 37.2 Å². The Bertz CT molecular complexity index is 2020. The molecule has 3 aliphatic heterocycles. The predicted octanol–water partition coefficient (Wildman–Crippen LogP) is 3.95. The van der Waals surface area contributed by atoms with Crippen molar-refractivity contribution in [1.82, 2.24) is 25.2 Å². The van der Waals surface area contributed by atoms with Gasteiger partial charge < -0.3 is 25.4 Å². The maximum absolute atomic E-state index is 15.0. The molecule has 1 aromatic carbocycles. The number of ether oxygens (including phenoxy) is 1. The number of allylic oxidation sites excluding steroid dienone is 1. The van der Waals surface area contributed by atoms with E-state index in [2.05, 4.69) is 15.4 Å². The summed E-state index contributed by atoms with van der Waals surface area (Å²) < 4.78 is 49.3. The molecule has 4 N–H and O–H groups in total. The van der Waals surface area contributed by atoms with Crippen LogP contribution in [0, 0.1) is 11.7 Å². The number of nitrogens with zero attached hydrogens (tertiary/aromatic N) is 2. The first-order chi connectivity index (χ1) is 24.7. The minimum Gasteiger partial charge on any atom is -0.483 e. The maximum atomic E-state index is 15.0. The molecule has 2 aromatic rings. The minimum atomic E-state index is -4.00. The third-order valence-corrected chi connectivity index (χ3v) is 14.2. The lowest BCUT2D eigenvalue weighted by molar-refractivity contribution is -0.141. The number of carbonyl (C=O) groups excluding carboxylic acids is 3. The molecule has 3 aliphatic carbocycles. The third kappa shape index (κ3) is 6.07. The van der Waals surface area contributed by atoms with Crippen LogP contribution in [0.25, 0.3) is 10.9 Å². The van der Waals surface area contributed by atoms with Crippen LogP contribution in [0.5, 0.6) is 5.75 Å². The number of sulfonamides is 1. The number of para-hydroxylation sites is 1. The molecule has 0 radical (unpaired) electrons. The van der Waals surface area contributed by atoms with Gasteiger partial charge in [0.2, 0.25) is 21.8 Å². The summed E-state index contributed by atoms with van der Waals surface area (Å²) in [7, 11) is -4.00. The molecule has 1 spiro atoms. The number of aryl methyl sites for hydroxylation is 1. The topological polar surface area (TPSA) is 184 Å². The number of rotatable bonds is 5. The van der Waals surface area contributed by atoms with Crippen molar-refractivity contribution in [3.8, 4) is 5.75 Å². The smallest absolute Gasteiger partial charge is 0.405 e. The van der Waals surface area contributed by atoms with Gasteiger partial charge in [-0.25, -0.2) is 22.6 Å². The first-order valence-corrected chi connectivity index (χ1v) is 19.9. The largest absolute Gasteiger partial charge is 0.483 e. The minimum absolute atomic E-state index is 0.0261. The van der Waals surface area contributed by atoms with Gasteiger partial charge in [-0.1, -0.05) is 37.1 Å². The Morgan fingerprint density at radius 3 is 2.62 bits per heavy atom. The highest BCUT2D eigenvalue weighted by Crippen LogP contribution is 2.52. The monoisotopic (exact) mass is 737 g/mol. The van der Waals surface area contributed by atoms with Crippen LogP contribution in [-0.2, 0) is 30.8 Å². The van der Waals surface area contributed by atoms with E-state index in [1.807, 2.05) is 18.2 Å². The van der Waals surface area contributed by atoms with Gasteiger partial charge in [0, 0.05) is 29.2 Å². The Kier molecular flexibility index (Phi) is 8.31. The lowest BCUT2D eigenvalue weighted by atomic mass is 9.86. The number of hydrogen-bond donors (Lipinski definition) is 4. The summed E-state index contributed by atoms with van der Waals surface area (Å²) in [6.07, 6.45) is 9.05. The second-order valence-electron chi connectivity index (χ2n) is 15.9. The summed E-state index contributed by atoms with van der Waals surface area (Å²) in [6.45, 7) is 1.55. The molecular weight excluding hydrogens is 693 g/mol. The van der Waals surface area contributed by atoms with Crippen LogP contribution in [0.2, 0.25) is 0 Å². The zero-order valence-electron chi connectivity index (χ0n) is 29.1. The van der Waals surface area contributed by atoms with Crippen LogP contribution in [-0.4, -0.2) is 81.7 Å². The number of aromatic nitrogens is 1. The van der Waals surface area contributed by atoms with Crippen LogP contribution in [0.1, 0.15) is 101 Å². The van der Waals surface area contributed by atoms with Crippen molar-refractivity contribution in [2.45, 2.75) is 124 Å². The molecule has 52 heavy (non-hydrogen) atoms. The standard InChI is InChI=1S/C37H44FN5O8S/c1-35(16-17-35)52(49,50)42-33(46)37-18-22(37)8-5-3-2-4-6-11-26(39-34(47)48)32(45)43-20-36(19-27(43)31(44)41-37)15-14-24-23-9-7-10-25(38)29(23)40-28(21-12-13-21)30(24)51-36/h5,7-10,21-22,26-27,39H,2-4,6,11-20H2,1H3,(H,41,44)(H,42,46)(H,47,48)/t22?,26-,27?,36+,37?/m0/s1. The predicted molar refractivity (Wildman–Crippen MR) is 186 cm³/mol. The number of carboxylic acid groups (broad SMARTS) is 1. The zero-order valence-corrected chi connectivity index (χ0v) is 29.9. The molecule has 15 heteroatoms. The first kappa shape index (κ1) is 34.8. The van der Waals surface area contributed by atoms with Crippen molar-refractivity contribution < 1.29 is 41.8 Å². The summed E-state index contributed by atoms with van der Waals surface area (Å²) in [5.74, 6) is -2.26. The molecule has 4 amide bonds. The van der Waals surface area contributed by atoms with Crippen LogP contribution in [0.15, 0.2) is 30.4 Å². The van der Waals surface area contributed by atoms with E-state index in [4.69, 9.17) is 9.72 Å². The van der Waals surface area contributed by atoms with Crippen molar-refractivity contribution >= 4 is 44.7 Å². The highest BCUT2D eigenvalue weighted by Gasteiger charge is 2.64. The van der Waals surface area contributed by atoms with Gasteiger partial charge in [-0.05, 0) is 77.2 Å². The molecule has 3 unspecified atom stereocenters. The fourth-order valence-electron chi connectivity index (χ4n) is 8.33. The number of halogens is 1. The summed E-state index contributed by atoms with van der Waals surface area (Å²) in [5, 5.41) is 15.6. The van der Waals surface area contributed by atoms with Crippen molar-refractivity contribution in [2.24, 2.45) is 5.92 Å². The van der Waals surface area contributed by atoms with Crippen LogP contribution >= 0.6 is 0 Å². The van der Waals surface area contributed by atoms with Crippen LogP contribution in [0.4, 0.5) is 9.18 Å². The van der Waals surface area contributed by atoms with Crippen molar-refractivity contribution in [3.63, 3.8) is 0 Å². The Morgan fingerprint density at radius 1 is 1.10 bits per heavy atom. The summed E-state index contributed by atoms with van der Waals surface area (Å²) in [5.41, 5.74) is -0.824. The third-order valence-electron chi connectivity index (χ3n) is 12.1. The van der Waals surface area contributed by atoms with Crippen molar-refractivity contribution in [2.75, 3.05) is 6.54 Å². The number of hydrogen-bond acceptors (Lipinski definition) is 8. The summed E-state index contributed by atoms with van der Waals surface area (Å²) >= 11 is 0. The average molecular weight is 738 g/mol. The molecule has 1 aromatic heterocycles. The van der Waals surface area contributed by atoms with E-state index in [0.29, 0.717) is 55.4 Å². The Morgan fingerprint density at radius 2 is 1.88 bits per heavy atom. The van der Waals surface area contributed by atoms with E-state index in [0.717, 1.165) is 31.2 Å². The summed E-state index contributed by atoms with van der Waals surface area (Å²) in [6, 6.07) is 2.56. The van der Waals surface area contributed by atoms with E-state index < -0.39 is 73.5 Å². The number of carbonyl (C=O) groups is 4. The van der Waals surface area contributed by atoms with Crippen molar-refractivity contribution in [3.05, 3.63) is 47.4 Å². The van der Waals surface area contributed by atoms with Gasteiger partial charge in [0.1, 0.15) is 40.3 Å². The normalized spacial score (nSPS) is 31.3. The molecular formula is C37H44FN5O8S. The van der Waals surface area contributed by atoms with Gasteiger partial charge >= 0.3 is 6.09 Å². The van der Waals surface area contributed by atoms with Gasteiger partial charge in [0.25, 0.3) is 5.91 Å². The molecule has 4 fully saturated rings. The Labute approximate surface area is 301 Å². The lowest BCUT2D eigenvalue weighted by Gasteiger charge is -2.37. The van der Waals surface area contributed by atoms with E-state index in [1.54, 1.807) is 13.0 Å². The highest BCUT2D eigenvalue weighted by atomic mass is 32.2. The zero-order chi connectivity index (χ0) is 36.6. The Balaban J connectivity index is 1.15. The second-order valence-corrected chi connectivity index (χ2v) is 18.1. The summed E-state index contributed by atoms with van der Waals surface area (Å²) in [4.78, 5) is 60.7. The molecule has 4 heterocycles. The molecule has 1 saturated heterocycles. The SMILES string of the molecule is CC1(S(=O)(=O)NC(=O)C23CC2C=CCCCCC[C@H](NC(=O)O)C(=O)N2C[C@@]4(CCc5c(c(C6CC6)nc6c(F)cccc56)O4)CC2C(=O)N3)CC1. The van der Waals surface area contributed by atoms with Crippen molar-refractivity contribution in [1.29, 1.82) is 0 Å². The molecule has 13 nitrogen and oxygen atoms in total. The molecule has 0 bridgehead atoms. The van der Waals surface area contributed by atoms with Gasteiger partial charge in [-0.3, -0.25) is 19.1 Å². The molecule has 8 rings (SSSR count). The number of pyridine rings is 1. The van der Waals surface area contributed by atoms with Gasteiger partial charge in [0.05, 0.1) is 17.0 Å². The van der Waals surface area contributed by atoms with Gasteiger partial charge in [0.15, 0.2) is 0 Å². The fraction of sp³-hybridized carbons (Fsp3) is 0.595.